The van der Waals surface area contributed by atoms with Crippen LogP contribution in [0.1, 0.15) is 45.1 Å². The summed E-state index contributed by atoms with van der Waals surface area (Å²) >= 11 is 0. The molecule has 1 unspecified atom stereocenters. The van der Waals surface area contributed by atoms with E-state index < -0.39 is 0 Å². The molecule has 1 aromatic rings. The zero-order chi connectivity index (χ0) is 22.1. The molecule has 3 rings (SSSR count). The first kappa shape index (κ1) is 27.0. The minimum atomic E-state index is 0. The van der Waals surface area contributed by atoms with Gasteiger partial charge in [0.05, 0.1) is 14.2 Å². The van der Waals surface area contributed by atoms with Gasteiger partial charge in [-0.15, -0.1) is 24.0 Å². The van der Waals surface area contributed by atoms with E-state index in [1.54, 1.807) is 14.2 Å². The zero-order valence-electron chi connectivity index (χ0n) is 20.1. The third kappa shape index (κ3) is 8.26. The van der Waals surface area contributed by atoms with Crippen molar-refractivity contribution >= 4 is 29.9 Å². The third-order valence-electron chi connectivity index (χ3n) is 6.29. The quantitative estimate of drug-likeness (QED) is 0.176. The Balaban J connectivity index is 0.00000363. The number of hydrogen-bond acceptors (Lipinski definition) is 5. The fourth-order valence-corrected chi connectivity index (χ4v) is 4.17. The average Bonchev–Trinajstić information content (AvgIpc) is 3.42. The molecule has 1 aliphatic heterocycles. The highest BCUT2D eigenvalue weighted by molar-refractivity contribution is 14.0. The predicted octanol–water partition coefficient (Wildman–Crippen LogP) is 3.66. The van der Waals surface area contributed by atoms with Gasteiger partial charge < -0.3 is 24.8 Å². The molecule has 2 N–H and O–H groups in total. The van der Waals surface area contributed by atoms with Gasteiger partial charge in [-0.1, -0.05) is 0 Å². The molecule has 1 saturated heterocycles. The first-order chi connectivity index (χ1) is 15.1. The average molecular weight is 561 g/mol. The van der Waals surface area contributed by atoms with Crippen molar-refractivity contribution in [3.05, 3.63) is 23.8 Å². The molecule has 0 aromatic heterocycles. The van der Waals surface area contributed by atoms with Crippen LogP contribution in [0.2, 0.25) is 0 Å². The number of likely N-dealkylation sites (tertiary alicyclic amines) is 1. The van der Waals surface area contributed by atoms with Crippen molar-refractivity contribution in [1.82, 2.24) is 15.5 Å². The maximum Gasteiger partial charge on any atom is 0.191 e. The molecule has 2 fully saturated rings. The molecule has 1 atom stereocenters. The number of ether oxygens (including phenoxy) is 3. The zero-order valence-corrected chi connectivity index (χ0v) is 22.4. The summed E-state index contributed by atoms with van der Waals surface area (Å²) < 4.78 is 16.4. The summed E-state index contributed by atoms with van der Waals surface area (Å²) in [5.74, 6) is 2.62. The highest BCUT2D eigenvalue weighted by Gasteiger charge is 2.42. The molecule has 1 aromatic carbocycles. The van der Waals surface area contributed by atoms with Crippen LogP contribution in [-0.2, 0) is 11.3 Å². The first-order valence-corrected chi connectivity index (χ1v) is 11.7. The molecule has 2 aliphatic rings. The van der Waals surface area contributed by atoms with Crippen molar-refractivity contribution < 1.29 is 14.2 Å². The van der Waals surface area contributed by atoms with Gasteiger partial charge in [-0.25, -0.2) is 0 Å². The summed E-state index contributed by atoms with van der Waals surface area (Å²) in [5, 5.41) is 7.09. The van der Waals surface area contributed by atoms with Gasteiger partial charge in [-0.3, -0.25) is 9.89 Å². The monoisotopic (exact) mass is 560 g/mol. The molecule has 32 heavy (non-hydrogen) atoms. The molecule has 0 radical (unpaired) electrons. The Bertz CT molecular complexity index is 705. The Morgan fingerprint density at radius 3 is 2.47 bits per heavy atom. The van der Waals surface area contributed by atoms with Crippen LogP contribution in [-0.4, -0.2) is 70.5 Å². The van der Waals surface area contributed by atoms with E-state index in [-0.39, 0.29) is 24.0 Å². The molecule has 0 amide bonds. The molecule has 8 heteroatoms. The van der Waals surface area contributed by atoms with Gasteiger partial charge in [-0.2, -0.15) is 0 Å². The first-order valence-electron chi connectivity index (χ1n) is 11.7. The summed E-state index contributed by atoms with van der Waals surface area (Å²) in [6.45, 7) is 10.5. The van der Waals surface area contributed by atoms with Gasteiger partial charge in [0.2, 0.25) is 0 Å². The Morgan fingerprint density at radius 1 is 1.16 bits per heavy atom. The fraction of sp³-hybridized carbons (Fsp3) is 0.708. The number of methoxy groups -OCH3 is 2. The Hall–Kier alpha value is -1.26. The molecule has 0 spiro atoms. The summed E-state index contributed by atoms with van der Waals surface area (Å²) in [6, 6.07) is 6.50. The second kappa shape index (κ2) is 13.4. The minimum absolute atomic E-state index is 0. The van der Waals surface area contributed by atoms with Crippen molar-refractivity contribution in [1.29, 1.82) is 0 Å². The summed E-state index contributed by atoms with van der Waals surface area (Å²) in [4.78, 5) is 7.40. The molecular formula is C24H41IN4O3. The van der Waals surface area contributed by atoms with Gasteiger partial charge in [0.1, 0.15) is 11.5 Å². The second-order valence-electron chi connectivity index (χ2n) is 8.73. The fourth-order valence-electron chi connectivity index (χ4n) is 4.17. The van der Waals surface area contributed by atoms with Crippen molar-refractivity contribution in [3.63, 3.8) is 0 Å². The van der Waals surface area contributed by atoms with E-state index in [9.17, 15) is 0 Å². The van der Waals surface area contributed by atoms with Crippen molar-refractivity contribution in [2.24, 2.45) is 10.4 Å². The van der Waals surface area contributed by atoms with Gasteiger partial charge in [-0.05, 0) is 62.6 Å². The number of guanidine groups is 1. The predicted molar refractivity (Wildman–Crippen MR) is 141 cm³/mol. The lowest BCUT2D eigenvalue weighted by Gasteiger charge is -2.20. The van der Waals surface area contributed by atoms with Crippen molar-refractivity contribution in [3.8, 4) is 11.5 Å². The van der Waals surface area contributed by atoms with Crippen LogP contribution < -0.4 is 20.1 Å². The molecule has 1 aliphatic carbocycles. The van der Waals surface area contributed by atoms with Gasteiger partial charge in [0, 0.05) is 58.0 Å². The van der Waals surface area contributed by atoms with E-state index in [4.69, 9.17) is 19.2 Å². The summed E-state index contributed by atoms with van der Waals surface area (Å²) in [6.07, 6.45) is 4.76. The van der Waals surface area contributed by atoms with E-state index >= 15 is 0 Å². The molecule has 182 valence electrons. The Kier molecular flexibility index (Phi) is 11.3. The van der Waals surface area contributed by atoms with E-state index in [0.717, 1.165) is 76.2 Å². The smallest absolute Gasteiger partial charge is 0.191 e. The lowest BCUT2D eigenvalue weighted by Crippen LogP contribution is -2.44. The lowest BCUT2D eigenvalue weighted by molar-refractivity contribution is 0.129. The van der Waals surface area contributed by atoms with Crippen LogP contribution in [0.15, 0.2) is 23.2 Å². The number of nitrogens with zero attached hydrogens (tertiary/aromatic N) is 2. The molecule has 0 bridgehead atoms. The SMILES string of the molecule is CCNC(=NCC1(CCOCC)CC1)NC1CCN(Cc2cc(OC)cc(OC)c2)C1.I. The largest absolute Gasteiger partial charge is 0.497 e. The summed E-state index contributed by atoms with van der Waals surface area (Å²) in [5.41, 5.74) is 1.58. The van der Waals surface area contributed by atoms with E-state index in [1.807, 2.05) is 6.07 Å². The van der Waals surface area contributed by atoms with Crippen LogP contribution in [0, 0.1) is 5.41 Å². The van der Waals surface area contributed by atoms with Crippen LogP contribution in [0.3, 0.4) is 0 Å². The van der Waals surface area contributed by atoms with Gasteiger partial charge >= 0.3 is 0 Å². The van der Waals surface area contributed by atoms with Crippen LogP contribution in [0.25, 0.3) is 0 Å². The number of benzene rings is 1. The van der Waals surface area contributed by atoms with Crippen LogP contribution >= 0.6 is 24.0 Å². The molecule has 7 nitrogen and oxygen atoms in total. The number of hydrogen-bond donors (Lipinski definition) is 2. The minimum Gasteiger partial charge on any atom is -0.497 e. The lowest BCUT2D eigenvalue weighted by atomic mass is 10.0. The third-order valence-corrected chi connectivity index (χ3v) is 6.29. The van der Waals surface area contributed by atoms with E-state index in [1.165, 1.54) is 18.4 Å². The van der Waals surface area contributed by atoms with Crippen LogP contribution in [0.5, 0.6) is 11.5 Å². The second-order valence-corrected chi connectivity index (χ2v) is 8.73. The molecule has 1 heterocycles. The highest BCUT2D eigenvalue weighted by Crippen LogP contribution is 2.49. The van der Waals surface area contributed by atoms with Crippen molar-refractivity contribution in [2.45, 2.75) is 52.1 Å². The Labute approximate surface area is 210 Å². The number of rotatable bonds is 12. The standard InChI is InChI=1S/C24H40N4O3.HI/c1-5-25-23(26-18-24(8-9-24)10-12-31-6-2)27-20-7-11-28(17-20)16-19-13-21(29-3)15-22(14-19)30-4;/h13-15,20H,5-12,16-18H2,1-4H3,(H2,25,26,27);1H. The van der Waals surface area contributed by atoms with E-state index in [2.05, 4.69) is 41.5 Å². The van der Waals surface area contributed by atoms with Crippen LogP contribution in [0.4, 0.5) is 0 Å². The van der Waals surface area contributed by atoms with E-state index in [0.29, 0.717) is 11.5 Å². The number of aliphatic imine (C=N–C) groups is 1. The summed E-state index contributed by atoms with van der Waals surface area (Å²) in [7, 11) is 3.39. The highest BCUT2D eigenvalue weighted by atomic mass is 127. The number of nitrogens with one attached hydrogen (secondary N) is 2. The van der Waals surface area contributed by atoms with Gasteiger partial charge in [0.25, 0.3) is 0 Å². The molecule has 1 saturated carbocycles. The van der Waals surface area contributed by atoms with Gasteiger partial charge in [0.15, 0.2) is 5.96 Å². The Morgan fingerprint density at radius 2 is 1.88 bits per heavy atom. The van der Waals surface area contributed by atoms with Crippen molar-refractivity contribution in [2.75, 3.05) is 53.6 Å². The number of halogens is 1. The maximum atomic E-state index is 5.56. The molecular weight excluding hydrogens is 519 g/mol. The normalized spacial score (nSPS) is 19.9. The topological polar surface area (TPSA) is 67.4 Å². The maximum absolute atomic E-state index is 5.56.